The van der Waals surface area contributed by atoms with Gasteiger partial charge in [0.1, 0.15) is 23.0 Å². The number of phenols is 4. The molecule has 430 valence electrons. The van der Waals surface area contributed by atoms with Gasteiger partial charge in [-0.1, -0.05) is 77.1 Å². The van der Waals surface area contributed by atoms with Crippen molar-refractivity contribution in [3.8, 4) is 58.5 Å². The molecule has 6 aromatic rings. The molecule has 2 aliphatic carbocycles. The van der Waals surface area contributed by atoms with Crippen molar-refractivity contribution in [1.29, 1.82) is 0 Å². The largest absolute Gasteiger partial charge is 2.00 e. The van der Waals surface area contributed by atoms with Crippen molar-refractivity contribution >= 4 is 31.0 Å². The molecular weight excluding hydrogens is 1290 g/mol. The molecule has 8 rings (SSSR count). The molecule has 2 fully saturated rings. The molecule has 3 heterocycles. The Morgan fingerprint density at radius 1 is 0.390 bits per heavy atom. The van der Waals surface area contributed by atoms with Crippen LogP contribution in [0.1, 0.15) is 74.9 Å². The molecule has 23 heteroatoms. The smallest absolute Gasteiger partial charge is 0.507 e. The summed E-state index contributed by atoms with van der Waals surface area (Å²) in [7, 11) is -11.7. The zero-order valence-corrected chi connectivity index (χ0v) is 49.3. The first kappa shape index (κ1) is 73.9. The SMILES string of the molecule is C(#Cc1cc(C#Cc2ccncc2)cc(C#Cc2ccncc2)c1)c1ccncc1.C[C]1[CH][CH][C](C(C)C)[CH][CH]1.C[C]1[CH][CH][C](C(C)C)[CH][CH]1.O=S(=O)(O)C(F)(F)F.O=S(=O)(O)C(F)(F)F.Oc1ccc(O)c2c(O)ccc(O)c12.[Ru+2].[Ru+2]. The van der Waals surface area contributed by atoms with Gasteiger partial charge in [0.05, 0.1) is 10.8 Å². The molecule has 2 saturated carbocycles. The van der Waals surface area contributed by atoms with Crippen LogP contribution in [-0.4, -0.2) is 72.3 Å². The molecule has 0 atom stereocenters. The van der Waals surface area contributed by atoms with Crippen molar-refractivity contribution in [3.05, 3.63) is 224 Å². The van der Waals surface area contributed by atoms with E-state index in [1.807, 2.05) is 54.6 Å². The number of alkyl halides is 6. The van der Waals surface area contributed by atoms with Crippen LogP contribution in [0.15, 0.2) is 116 Å². The van der Waals surface area contributed by atoms with E-state index in [0.717, 1.165) is 33.4 Å². The van der Waals surface area contributed by atoms with Crippen molar-refractivity contribution in [3.63, 3.8) is 0 Å². The second-order valence-electron chi connectivity index (χ2n) is 17.2. The molecule has 3 aromatic heterocycles. The topological polar surface area (TPSA) is 228 Å². The zero-order chi connectivity index (χ0) is 59.8. The quantitative estimate of drug-likeness (QED) is 0.0237. The van der Waals surface area contributed by atoms with Crippen molar-refractivity contribution in [2.24, 2.45) is 11.8 Å². The summed E-state index contributed by atoms with van der Waals surface area (Å²) < 4.78 is 115. The summed E-state index contributed by atoms with van der Waals surface area (Å²) in [6.45, 7) is 13.1. The first-order chi connectivity index (χ1) is 37.4. The molecule has 0 bridgehead atoms. The van der Waals surface area contributed by atoms with Gasteiger partial charge >= 0.3 is 70.2 Å². The Kier molecular flexibility index (Phi) is 31.7. The molecule has 0 saturated heterocycles. The van der Waals surface area contributed by atoms with Gasteiger partial charge in [0.2, 0.25) is 0 Å². The number of nitrogens with zero attached hydrogens (tertiary/aromatic N) is 3. The van der Waals surface area contributed by atoms with E-state index in [1.165, 1.54) is 47.9 Å². The molecule has 3 aromatic carbocycles. The maximum atomic E-state index is 10.7. The normalized spacial score (nSPS) is 13.8. The van der Waals surface area contributed by atoms with Gasteiger partial charge in [0.15, 0.2) is 0 Å². The van der Waals surface area contributed by atoms with E-state index < -0.39 is 31.3 Å². The fraction of sp³-hybridized carbons (Fsp3) is 0.169. The van der Waals surface area contributed by atoms with Gasteiger partial charge in [-0.2, -0.15) is 43.2 Å². The Morgan fingerprint density at radius 2 is 0.585 bits per heavy atom. The van der Waals surface area contributed by atoms with Crippen molar-refractivity contribution < 1.29 is 112 Å². The van der Waals surface area contributed by atoms with Crippen LogP contribution < -0.4 is 0 Å². The van der Waals surface area contributed by atoms with Crippen molar-refractivity contribution in [2.45, 2.75) is 52.6 Å². The number of fused-ring (bicyclic) bond motifs is 1. The molecule has 82 heavy (non-hydrogen) atoms. The third kappa shape index (κ3) is 26.9. The minimum absolute atomic E-state index is 0. The van der Waals surface area contributed by atoms with Crippen LogP contribution in [0.4, 0.5) is 26.3 Å². The van der Waals surface area contributed by atoms with Gasteiger partial charge in [0.25, 0.3) is 0 Å². The average Bonchev–Trinajstić information content (AvgIpc) is 3.40. The number of halogens is 6. The second-order valence-corrected chi connectivity index (χ2v) is 20.0. The minimum atomic E-state index is -5.84. The minimum Gasteiger partial charge on any atom is -0.507 e. The summed E-state index contributed by atoms with van der Waals surface area (Å²) in [5, 5.41) is 37.8. The summed E-state index contributed by atoms with van der Waals surface area (Å²) in [5.74, 6) is 25.2. The summed E-state index contributed by atoms with van der Waals surface area (Å²) in [5.41, 5.74) is -5.79. The Hall–Kier alpha value is -6.10. The predicted molar refractivity (Wildman–Crippen MR) is 291 cm³/mol. The maximum Gasteiger partial charge on any atom is 2.00 e. The summed E-state index contributed by atoms with van der Waals surface area (Å²) in [6.07, 6.45) is 27.8. The van der Waals surface area contributed by atoms with Crippen molar-refractivity contribution in [1.82, 2.24) is 15.0 Å². The fourth-order valence-electron chi connectivity index (χ4n) is 5.91. The number of phenolic OH excluding ortho intramolecular Hbond substituents is 4. The Bertz CT molecular complexity index is 2990. The molecule has 12 radical (unpaired) electrons. The first-order valence-corrected chi connectivity index (χ1v) is 26.2. The molecule has 2 aliphatic rings. The molecule has 0 aliphatic heterocycles. The molecule has 0 amide bonds. The Balaban J connectivity index is 0.000000542. The van der Waals surface area contributed by atoms with Gasteiger partial charge < -0.3 is 20.4 Å². The van der Waals surface area contributed by atoms with Crippen LogP contribution >= 0.6 is 0 Å². The second kappa shape index (κ2) is 35.1. The number of pyridine rings is 3. The molecule has 6 N–H and O–H groups in total. The summed E-state index contributed by atoms with van der Waals surface area (Å²) in [6, 6.07) is 22.2. The van der Waals surface area contributed by atoms with E-state index in [-0.39, 0.29) is 72.7 Å². The van der Waals surface area contributed by atoms with Crippen LogP contribution in [0.5, 0.6) is 23.0 Å². The van der Waals surface area contributed by atoms with Gasteiger partial charge in [0, 0.05) is 70.6 Å². The summed E-state index contributed by atoms with van der Waals surface area (Å²) in [4.78, 5) is 12.1. The van der Waals surface area contributed by atoms with Crippen LogP contribution in [-0.2, 0) is 59.2 Å². The van der Waals surface area contributed by atoms with Crippen LogP contribution in [0.25, 0.3) is 10.8 Å². The third-order valence-corrected chi connectivity index (χ3v) is 11.3. The van der Waals surface area contributed by atoms with Crippen LogP contribution in [0, 0.1) is 122 Å². The van der Waals surface area contributed by atoms with E-state index in [9.17, 15) is 46.8 Å². The van der Waals surface area contributed by atoms with Gasteiger partial charge in [-0.15, -0.1) is 0 Å². The number of aromatic nitrogens is 3. The molecule has 0 spiro atoms. The van der Waals surface area contributed by atoms with Crippen LogP contribution in [0.2, 0.25) is 0 Å². The standard InChI is InChI=1S/C27H15N3.C10H8O4.2C10H14.2CHF3O3S.2Ru/c1(22-7-13-28-14-8-22)4-25-19-26(5-2-23-9-15-29-16-10-23)21-27(20-25)6-3-24-11-17-30-18-12-24;11-5-1-2-6(12)10-8(14)4-3-7(13)9(5)10;2*1-8(2)10-6-4-9(3)5-7-10;2*2-1(3,4)8(5,6)7;;/h7-21H;1-4,11-14H;2*4-8H,1-3H3;2*(H,5,6,7);;/q;;;;;;2*+2. The monoisotopic (exact) mass is 1350 g/mol. The van der Waals surface area contributed by atoms with Gasteiger partial charge in [-0.05, 0) is 166 Å². The number of benzene rings is 3. The van der Waals surface area contributed by atoms with E-state index in [0.29, 0.717) is 11.8 Å². The van der Waals surface area contributed by atoms with E-state index in [2.05, 4.69) is 143 Å². The fourth-order valence-corrected chi connectivity index (χ4v) is 5.91. The maximum absolute atomic E-state index is 10.7. The van der Waals surface area contributed by atoms with Gasteiger partial charge in [-0.25, -0.2) is 0 Å². The number of rotatable bonds is 2. The molecular formula is C59H53F6N3O10Ru2S2+4. The third-order valence-electron chi connectivity index (χ3n) is 10.2. The van der Waals surface area contributed by atoms with E-state index in [1.54, 1.807) is 37.2 Å². The molecule has 13 nitrogen and oxygen atoms in total. The van der Waals surface area contributed by atoms with Gasteiger partial charge in [-0.3, -0.25) is 24.1 Å². The Labute approximate surface area is 501 Å². The number of hydrogen-bond donors (Lipinski definition) is 6. The van der Waals surface area contributed by atoms with E-state index >= 15 is 0 Å². The first-order valence-electron chi connectivity index (χ1n) is 23.3. The van der Waals surface area contributed by atoms with E-state index in [4.69, 9.17) is 25.9 Å². The summed E-state index contributed by atoms with van der Waals surface area (Å²) >= 11 is 0. The van der Waals surface area contributed by atoms with Crippen molar-refractivity contribution in [2.75, 3.05) is 0 Å². The zero-order valence-electron chi connectivity index (χ0n) is 44.2. The predicted octanol–water partition coefficient (Wildman–Crippen LogP) is 11.8. The molecule has 0 unspecified atom stereocenters. The average molecular weight is 1340 g/mol. The number of aromatic hydroxyl groups is 4. The van der Waals surface area contributed by atoms with Crippen LogP contribution in [0.3, 0.4) is 0 Å². The Morgan fingerprint density at radius 3 is 0.768 bits per heavy atom. The number of hydrogen-bond acceptors (Lipinski definition) is 11.